The molecule has 2 atom stereocenters. The van der Waals surface area contributed by atoms with Gasteiger partial charge >= 0.3 is 29.8 Å². The van der Waals surface area contributed by atoms with E-state index < -0.39 is 42.0 Å². The average molecular weight is 413 g/mol. The van der Waals surface area contributed by atoms with Crippen LogP contribution in [0.2, 0.25) is 0 Å². The molecule has 0 aliphatic carbocycles. The molecule has 0 amide bonds. The van der Waals surface area contributed by atoms with Crippen LogP contribution in [0.25, 0.3) is 0 Å². The third kappa shape index (κ3) is 9.02. The monoisotopic (exact) mass is 413 g/mol. The van der Waals surface area contributed by atoms with Gasteiger partial charge in [0.2, 0.25) is 0 Å². The number of aliphatic carboxylic acids is 1. The summed E-state index contributed by atoms with van der Waals surface area (Å²) >= 11 is 0. The van der Waals surface area contributed by atoms with E-state index in [9.17, 15) is 29.1 Å². The van der Waals surface area contributed by atoms with Crippen LogP contribution in [0.5, 0.6) is 0 Å². The first-order chi connectivity index (χ1) is 13.8. The molecule has 29 heavy (non-hydrogen) atoms. The van der Waals surface area contributed by atoms with Gasteiger partial charge in [0.1, 0.15) is 18.8 Å². The normalized spacial score (nSPS) is 17.8. The quantitative estimate of drug-likeness (QED) is 0.279. The first kappa shape index (κ1) is 23.8. The smallest absolute Gasteiger partial charge is 0.331 e. The molecule has 11 nitrogen and oxygen atoms in total. The molecule has 2 unspecified atom stereocenters. The maximum absolute atomic E-state index is 11.9. The summed E-state index contributed by atoms with van der Waals surface area (Å²) < 4.78 is 18.8. The Bertz CT molecular complexity index is 684. The fraction of sp³-hybridized carbons (Fsp3) is 0.500. The minimum Gasteiger partial charge on any atom is -0.480 e. The number of ether oxygens (including phenoxy) is 4. The number of carbonyl (C=O) groups is 5. The number of esters is 4. The lowest BCUT2D eigenvalue weighted by Gasteiger charge is -2.26. The molecule has 0 spiro atoms. The first-order valence-electron chi connectivity index (χ1n) is 8.63. The van der Waals surface area contributed by atoms with Gasteiger partial charge in [0.25, 0.3) is 0 Å². The molecule has 1 fully saturated rings. The van der Waals surface area contributed by atoms with Crippen LogP contribution in [0.1, 0.15) is 12.8 Å². The van der Waals surface area contributed by atoms with Crippen molar-refractivity contribution in [2.45, 2.75) is 25.0 Å². The molecule has 1 aliphatic heterocycles. The number of rotatable bonds is 10. The number of methoxy groups -OCH3 is 2. The topological polar surface area (TPSA) is 146 Å². The highest BCUT2D eigenvalue weighted by Crippen LogP contribution is 2.18. The van der Waals surface area contributed by atoms with Crippen LogP contribution in [0.4, 0.5) is 0 Å². The van der Waals surface area contributed by atoms with Crippen molar-refractivity contribution >= 4 is 29.8 Å². The molecule has 1 N–H and O–H groups in total. The number of likely N-dealkylation sites (tertiary alicyclic amines) is 1. The zero-order valence-electron chi connectivity index (χ0n) is 16.1. The molecule has 1 heterocycles. The maximum atomic E-state index is 11.9. The van der Waals surface area contributed by atoms with Crippen LogP contribution < -0.4 is 0 Å². The lowest BCUT2D eigenvalue weighted by Crippen LogP contribution is -2.43. The molecule has 1 saturated heterocycles. The predicted octanol–water partition coefficient (Wildman–Crippen LogP) is -0.551. The SMILES string of the molecule is COC(=O)/C=C/C(=O)OCC(CN1CCCC1C(=O)O)OC(=O)/C=C/C(=O)OC. The highest BCUT2D eigenvalue weighted by Gasteiger charge is 2.33. The summed E-state index contributed by atoms with van der Waals surface area (Å²) in [7, 11) is 2.28. The molecular weight excluding hydrogens is 390 g/mol. The molecule has 0 saturated carbocycles. The van der Waals surface area contributed by atoms with Gasteiger partial charge < -0.3 is 24.1 Å². The Morgan fingerprint density at radius 1 is 0.966 bits per heavy atom. The van der Waals surface area contributed by atoms with Crippen LogP contribution >= 0.6 is 0 Å². The summed E-state index contributed by atoms with van der Waals surface area (Å²) in [4.78, 5) is 58.5. The van der Waals surface area contributed by atoms with Crippen molar-refractivity contribution in [2.24, 2.45) is 0 Å². The Hall–Kier alpha value is -3.21. The van der Waals surface area contributed by atoms with Gasteiger partial charge in [-0.2, -0.15) is 0 Å². The zero-order chi connectivity index (χ0) is 21.8. The highest BCUT2D eigenvalue weighted by atomic mass is 16.6. The van der Waals surface area contributed by atoms with Crippen LogP contribution in [0, 0.1) is 0 Å². The summed E-state index contributed by atoms with van der Waals surface area (Å²) in [6.45, 7) is 0.0902. The van der Waals surface area contributed by atoms with Crippen molar-refractivity contribution in [3.05, 3.63) is 24.3 Å². The number of nitrogens with zero attached hydrogens (tertiary/aromatic N) is 1. The van der Waals surface area contributed by atoms with E-state index in [4.69, 9.17) is 9.47 Å². The van der Waals surface area contributed by atoms with E-state index in [0.29, 0.717) is 19.4 Å². The van der Waals surface area contributed by atoms with E-state index in [2.05, 4.69) is 9.47 Å². The van der Waals surface area contributed by atoms with Gasteiger partial charge in [-0.1, -0.05) is 0 Å². The number of carboxylic acids is 1. The molecule has 0 radical (unpaired) electrons. The Morgan fingerprint density at radius 2 is 1.52 bits per heavy atom. The number of carbonyl (C=O) groups excluding carboxylic acids is 4. The van der Waals surface area contributed by atoms with E-state index >= 15 is 0 Å². The molecule has 1 rings (SSSR count). The Morgan fingerprint density at radius 3 is 2.07 bits per heavy atom. The van der Waals surface area contributed by atoms with Crippen molar-refractivity contribution in [3.63, 3.8) is 0 Å². The van der Waals surface area contributed by atoms with E-state index in [-0.39, 0.29) is 13.2 Å². The molecule has 0 aromatic heterocycles. The first-order valence-corrected chi connectivity index (χ1v) is 8.63. The van der Waals surface area contributed by atoms with Crippen molar-refractivity contribution in [1.82, 2.24) is 4.90 Å². The van der Waals surface area contributed by atoms with Gasteiger partial charge in [0.05, 0.1) is 14.2 Å². The molecule has 0 bridgehead atoms. The number of hydrogen-bond donors (Lipinski definition) is 1. The summed E-state index contributed by atoms with van der Waals surface area (Å²) in [6.07, 6.45) is 3.51. The van der Waals surface area contributed by atoms with Gasteiger partial charge in [0, 0.05) is 30.8 Å². The summed E-state index contributed by atoms with van der Waals surface area (Å²) in [5.74, 6) is -4.29. The Kier molecular flexibility index (Phi) is 10.1. The van der Waals surface area contributed by atoms with Crippen LogP contribution in [-0.4, -0.2) is 85.9 Å². The zero-order valence-corrected chi connectivity index (χ0v) is 16.1. The third-order valence-electron chi connectivity index (χ3n) is 3.89. The highest BCUT2D eigenvalue weighted by molar-refractivity contribution is 5.92. The Balaban J connectivity index is 2.75. The van der Waals surface area contributed by atoms with E-state index in [1.807, 2.05) is 0 Å². The molecule has 1 aliphatic rings. The van der Waals surface area contributed by atoms with E-state index in [0.717, 1.165) is 38.5 Å². The van der Waals surface area contributed by atoms with Crippen molar-refractivity contribution < 1.29 is 48.0 Å². The molecule has 11 heteroatoms. The predicted molar refractivity (Wildman–Crippen MR) is 95.4 cm³/mol. The largest absolute Gasteiger partial charge is 0.480 e. The minimum atomic E-state index is -1.00. The molecule has 160 valence electrons. The van der Waals surface area contributed by atoms with Crippen molar-refractivity contribution in [2.75, 3.05) is 33.9 Å². The second-order valence-electron chi connectivity index (χ2n) is 5.89. The second kappa shape index (κ2) is 12.3. The number of carboxylic acid groups (broad SMARTS) is 1. The lowest BCUT2D eigenvalue weighted by molar-refractivity contribution is -0.155. The fourth-order valence-electron chi connectivity index (χ4n) is 2.54. The minimum absolute atomic E-state index is 0.00274. The van der Waals surface area contributed by atoms with Gasteiger partial charge in [-0.15, -0.1) is 0 Å². The average Bonchev–Trinajstić information content (AvgIpc) is 3.16. The van der Waals surface area contributed by atoms with E-state index in [1.165, 1.54) is 0 Å². The van der Waals surface area contributed by atoms with Gasteiger partial charge in [-0.25, -0.2) is 19.2 Å². The lowest BCUT2D eigenvalue weighted by atomic mass is 10.2. The molecule has 0 aromatic carbocycles. The fourth-order valence-corrected chi connectivity index (χ4v) is 2.54. The van der Waals surface area contributed by atoms with Gasteiger partial charge in [0.15, 0.2) is 0 Å². The van der Waals surface area contributed by atoms with E-state index in [1.54, 1.807) is 4.90 Å². The van der Waals surface area contributed by atoms with Gasteiger partial charge in [-0.3, -0.25) is 9.69 Å². The van der Waals surface area contributed by atoms with Gasteiger partial charge in [-0.05, 0) is 19.4 Å². The van der Waals surface area contributed by atoms with Crippen molar-refractivity contribution in [1.29, 1.82) is 0 Å². The summed E-state index contributed by atoms with van der Waals surface area (Å²) in [6, 6.07) is -0.739. The van der Waals surface area contributed by atoms with Crippen LogP contribution in [0.15, 0.2) is 24.3 Å². The summed E-state index contributed by atoms with van der Waals surface area (Å²) in [5, 5.41) is 9.26. The standard InChI is InChI=1S/C18H23NO10/c1-26-14(20)5-7-16(22)28-11-12(29-17(23)8-6-15(21)27-2)10-19-9-3-4-13(19)18(24)25/h5-8,12-13H,3-4,9-11H2,1-2H3,(H,24,25)/b7-5+,8-6+. The van der Waals surface area contributed by atoms with Crippen LogP contribution in [-0.2, 0) is 42.9 Å². The third-order valence-corrected chi connectivity index (χ3v) is 3.89. The van der Waals surface area contributed by atoms with Crippen LogP contribution in [0.3, 0.4) is 0 Å². The Labute approximate surface area is 166 Å². The second-order valence-corrected chi connectivity index (χ2v) is 5.89. The summed E-state index contributed by atoms with van der Waals surface area (Å²) in [5.41, 5.74) is 0. The molecule has 0 aromatic rings. The number of hydrogen-bond acceptors (Lipinski definition) is 10. The van der Waals surface area contributed by atoms with Crippen molar-refractivity contribution in [3.8, 4) is 0 Å². The maximum Gasteiger partial charge on any atom is 0.331 e. The molecular formula is C18H23NO10.